The fourth-order valence-corrected chi connectivity index (χ4v) is 2.14. The zero-order valence-electron chi connectivity index (χ0n) is 9.95. The standard InChI is InChI=1S/C11H18O5/c1-14-9(13)10(8-12)4-6-11(15-2,16-3)7-5-10/h8H,4-7H2,1-3H3. The first-order chi connectivity index (χ1) is 7.58. The van der Waals surface area contributed by atoms with Crippen molar-refractivity contribution < 1.29 is 23.8 Å². The number of rotatable bonds is 4. The summed E-state index contributed by atoms with van der Waals surface area (Å²) in [5.41, 5.74) is -1.02. The van der Waals surface area contributed by atoms with Gasteiger partial charge in [-0.05, 0) is 12.8 Å². The molecule has 0 bridgehead atoms. The second-order valence-electron chi connectivity index (χ2n) is 4.08. The quantitative estimate of drug-likeness (QED) is 0.311. The van der Waals surface area contributed by atoms with Crippen molar-refractivity contribution in [2.45, 2.75) is 31.5 Å². The predicted octanol–water partition coefficient (Wildman–Crippen LogP) is 0.908. The minimum absolute atomic E-state index is 0.394. The molecule has 5 nitrogen and oxygen atoms in total. The van der Waals surface area contributed by atoms with Crippen molar-refractivity contribution in [1.29, 1.82) is 0 Å². The van der Waals surface area contributed by atoms with Crippen LogP contribution in [0.4, 0.5) is 0 Å². The molecule has 0 amide bonds. The van der Waals surface area contributed by atoms with Crippen LogP contribution < -0.4 is 0 Å². The molecule has 5 heteroatoms. The van der Waals surface area contributed by atoms with Crippen LogP contribution in [0, 0.1) is 5.41 Å². The molecule has 1 aliphatic carbocycles. The molecule has 92 valence electrons. The molecule has 16 heavy (non-hydrogen) atoms. The maximum atomic E-state index is 11.6. The Kier molecular flexibility index (Phi) is 4.04. The van der Waals surface area contributed by atoms with Crippen molar-refractivity contribution in [3.05, 3.63) is 0 Å². The van der Waals surface area contributed by atoms with Crippen LogP contribution in [0.25, 0.3) is 0 Å². The van der Waals surface area contributed by atoms with Crippen LogP contribution in [-0.4, -0.2) is 39.4 Å². The Balaban J connectivity index is 2.78. The van der Waals surface area contributed by atoms with Crippen LogP contribution in [0.2, 0.25) is 0 Å². The predicted molar refractivity (Wildman–Crippen MR) is 55.7 cm³/mol. The lowest BCUT2D eigenvalue weighted by Crippen LogP contribution is -2.46. The Morgan fingerprint density at radius 3 is 1.88 bits per heavy atom. The van der Waals surface area contributed by atoms with E-state index in [2.05, 4.69) is 4.74 Å². The average molecular weight is 230 g/mol. The van der Waals surface area contributed by atoms with Crippen molar-refractivity contribution in [1.82, 2.24) is 0 Å². The van der Waals surface area contributed by atoms with Crippen molar-refractivity contribution >= 4 is 12.3 Å². The summed E-state index contributed by atoms with van der Waals surface area (Å²) in [7, 11) is 4.42. The summed E-state index contributed by atoms with van der Waals surface area (Å²) in [6.07, 6.45) is 2.49. The van der Waals surface area contributed by atoms with Crippen molar-refractivity contribution in [2.24, 2.45) is 5.41 Å². The Labute approximate surface area is 95.0 Å². The van der Waals surface area contributed by atoms with E-state index in [9.17, 15) is 9.59 Å². The third-order valence-corrected chi connectivity index (χ3v) is 3.47. The first kappa shape index (κ1) is 13.1. The van der Waals surface area contributed by atoms with Crippen LogP contribution >= 0.6 is 0 Å². The largest absolute Gasteiger partial charge is 0.468 e. The van der Waals surface area contributed by atoms with Crippen LogP contribution in [0.5, 0.6) is 0 Å². The third kappa shape index (κ3) is 2.10. The molecular formula is C11H18O5. The minimum atomic E-state index is -1.02. The number of hydrogen-bond donors (Lipinski definition) is 0. The third-order valence-electron chi connectivity index (χ3n) is 3.47. The van der Waals surface area contributed by atoms with E-state index in [1.165, 1.54) is 7.11 Å². The Bertz CT molecular complexity index is 260. The molecule has 1 fully saturated rings. The molecule has 0 aliphatic heterocycles. The van der Waals surface area contributed by atoms with E-state index in [1.54, 1.807) is 14.2 Å². The fourth-order valence-electron chi connectivity index (χ4n) is 2.14. The molecule has 0 spiro atoms. The highest BCUT2D eigenvalue weighted by Crippen LogP contribution is 2.42. The van der Waals surface area contributed by atoms with E-state index in [0.717, 1.165) is 0 Å². The van der Waals surface area contributed by atoms with Crippen molar-refractivity contribution in [2.75, 3.05) is 21.3 Å². The van der Waals surface area contributed by atoms with Gasteiger partial charge in [-0.2, -0.15) is 0 Å². The van der Waals surface area contributed by atoms with E-state index in [0.29, 0.717) is 32.0 Å². The van der Waals surface area contributed by atoms with Crippen LogP contribution in [0.15, 0.2) is 0 Å². The molecular weight excluding hydrogens is 212 g/mol. The fraction of sp³-hybridized carbons (Fsp3) is 0.818. The SMILES string of the molecule is COC(=O)C1(C=O)CCC(OC)(OC)CC1. The van der Waals surface area contributed by atoms with Gasteiger partial charge in [0.2, 0.25) is 0 Å². The minimum Gasteiger partial charge on any atom is -0.468 e. The van der Waals surface area contributed by atoms with Gasteiger partial charge in [0, 0.05) is 27.1 Å². The van der Waals surface area contributed by atoms with Gasteiger partial charge >= 0.3 is 5.97 Å². The monoisotopic (exact) mass is 230 g/mol. The van der Waals surface area contributed by atoms with Gasteiger partial charge in [0.25, 0.3) is 0 Å². The summed E-state index contributed by atoms with van der Waals surface area (Å²) in [6.45, 7) is 0. The van der Waals surface area contributed by atoms with Crippen molar-refractivity contribution in [3.63, 3.8) is 0 Å². The zero-order chi connectivity index (χ0) is 12.2. The van der Waals surface area contributed by atoms with Gasteiger partial charge in [0.1, 0.15) is 11.7 Å². The second kappa shape index (κ2) is 4.93. The van der Waals surface area contributed by atoms with Crippen LogP contribution in [0.1, 0.15) is 25.7 Å². The number of ether oxygens (including phenoxy) is 3. The molecule has 0 N–H and O–H groups in total. The van der Waals surface area contributed by atoms with Gasteiger partial charge in [-0.15, -0.1) is 0 Å². The van der Waals surface area contributed by atoms with Gasteiger partial charge in [0.05, 0.1) is 7.11 Å². The Morgan fingerprint density at radius 1 is 1.06 bits per heavy atom. The highest BCUT2D eigenvalue weighted by atomic mass is 16.7. The topological polar surface area (TPSA) is 61.8 Å². The van der Waals surface area contributed by atoms with Crippen LogP contribution in [0.3, 0.4) is 0 Å². The smallest absolute Gasteiger partial charge is 0.319 e. The number of carbonyl (C=O) groups excluding carboxylic acids is 2. The van der Waals surface area contributed by atoms with Gasteiger partial charge < -0.3 is 19.0 Å². The number of methoxy groups -OCH3 is 3. The number of hydrogen-bond acceptors (Lipinski definition) is 5. The average Bonchev–Trinajstić information content (AvgIpc) is 2.38. The molecule has 1 aliphatic rings. The molecule has 0 radical (unpaired) electrons. The van der Waals surface area contributed by atoms with E-state index in [4.69, 9.17) is 9.47 Å². The molecule has 0 heterocycles. The van der Waals surface area contributed by atoms with E-state index in [-0.39, 0.29) is 0 Å². The van der Waals surface area contributed by atoms with E-state index in [1.807, 2.05) is 0 Å². The zero-order valence-corrected chi connectivity index (χ0v) is 9.95. The molecule has 0 atom stereocenters. The Morgan fingerprint density at radius 2 is 1.56 bits per heavy atom. The molecule has 0 aromatic rings. The van der Waals surface area contributed by atoms with Gasteiger partial charge in [-0.1, -0.05) is 0 Å². The number of aldehydes is 1. The molecule has 1 saturated carbocycles. The summed E-state index contributed by atoms with van der Waals surface area (Å²) in [5, 5.41) is 0. The lowest BCUT2D eigenvalue weighted by molar-refractivity contribution is -0.233. The highest BCUT2D eigenvalue weighted by molar-refractivity contribution is 5.93. The van der Waals surface area contributed by atoms with Gasteiger partial charge in [-0.25, -0.2) is 0 Å². The van der Waals surface area contributed by atoms with E-state index >= 15 is 0 Å². The number of esters is 1. The summed E-state index contributed by atoms with van der Waals surface area (Å²) >= 11 is 0. The lowest BCUT2D eigenvalue weighted by atomic mass is 9.73. The summed E-state index contributed by atoms with van der Waals surface area (Å²) in [6, 6.07) is 0. The molecule has 0 aromatic heterocycles. The molecule has 0 unspecified atom stereocenters. The van der Waals surface area contributed by atoms with Gasteiger partial charge in [-0.3, -0.25) is 4.79 Å². The van der Waals surface area contributed by atoms with Crippen molar-refractivity contribution in [3.8, 4) is 0 Å². The second-order valence-corrected chi connectivity index (χ2v) is 4.08. The first-order valence-corrected chi connectivity index (χ1v) is 5.23. The first-order valence-electron chi connectivity index (χ1n) is 5.23. The molecule has 1 rings (SSSR count). The summed E-state index contributed by atoms with van der Waals surface area (Å²) in [5.74, 6) is -1.14. The lowest BCUT2D eigenvalue weighted by Gasteiger charge is -2.40. The Hall–Kier alpha value is -0.940. The maximum absolute atomic E-state index is 11.6. The number of carbonyl (C=O) groups is 2. The summed E-state index contributed by atoms with van der Waals surface area (Å²) < 4.78 is 15.2. The van der Waals surface area contributed by atoms with Gasteiger partial charge in [0.15, 0.2) is 5.79 Å². The maximum Gasteiger partial charge on any atom is 0.319 e. The van der Waals surface area contributed by atoms with E-state index < -0.39 is 17.2 Å². The highest BCUT2D eigenvalue weighted by Gasteiger charge is 2.48. The normalized spacial score (nSPS) is 22.4. The van der Waals surface area contributed by atoms with Crippen LogP contribution in [-0.2, 0) is 23.8 Å². The molecule has 0 aromatic carbocycles. The molecule has 0 saturated heterocycles. The summed E-state index contributed by atoms with van der Waals surface area (Å²) in [4.78, 5) is 22.7.